The van der Waals surface area contributed by atoms with Gasteiger partial charge in [-0.3, -0.25) is 9.69 Å². The Hall–Kier alpha value is -1.60. The highest BCUT2D eigenvalue weighted by molar-refractivity contribution is 7.91. The number of carbonyl (C=O) groups excluding carboxylic acids is 1. The number of hydrogen-bond donors (Lipinski definition) is 1. The number of hydrogen-bond acceptors (Lipinski definition) is 5. The molecule has 0 saturated carbocycles. The highest BCUT2D eigenvalue weighted by Crippen LogP contribution is 2.15. The van der Waals surface area contributed by atoms with Crippen molar-refractivity contribution >= 4 is 15.7 Å². The fraction of sp³-hybridized carbons (Fsp3) is 0.562. The van der Waals surface area contributed by atoms with Gasteiger partial charge in [0, 0.05) is 12.6 Å². The molecule has 0 unspecified atom stereocenters. The van der Waals surface area contributed by atoms with Gasteiger partial charge in [-0.15, -0.1) is 0 Å². The molecule has 23 heavy (non-hydrogen) atoms. The molecule has 7 heteroatoms. The monoisotopic (exact) mass is 340 g/mol. The number of rotatable bonds is 6. The molecule has 0 radical (unpaired) electrons. The second-order valence-electron chi connectivity index (χ2n) is 6.05. The molecule has 1 saturated heterocycles. The zero-order chi connectivity index (χ0) is 17.0. The SMILES string of the molecule is COc1ccc(CN(C)[C@H](C)C(=O)N[C@H]2CCS(=O)(=O)C2)cc1. The Morgan fingerprint density at radius 1 is 1.39 bits per heavy atom. The number of carbonyl (C=O) groups is 1. The van der Waals surface area contributed by atoms with E-state index in [1.165, 1.54) is 0 Å². The summed E-state index contributed by atoms with van der Waals surface area (Å²) in [6.45, 7) is 2.45. The average molecular weight is 340 g/mol. The van der Waals surface area contributed by atoms with Gasteiger partial charge in [-0.2, -0.15) is 0 Å². The molecule has 1 amide bonds. The van der Waals surface area contributed by atoms with Crippen molar-refractivity contribution in [2.24, 2.45) is 0 Å². The standard InChI is InChI=1S/C16H24N2O4S/c1-12(16(19)17-14-8-9-23(20,21)11-14)18(2)10-13-4-6-15(22-3)7-5-13/h4-7,12,14H,8-11H2,1-3H3,(H,17,19)/t12-,14+/m1/s1. The quantitative estimate of drug-likeness (QED) is 0.830. The number of nitrogens with zero attached hydrogens (tertiary/aromatic N) is 1. The zero-order valence-corrected chi connectivity index (χ0v) is 14.6. The van der Waals surface area contributed by atoms with Crippen LogP contribution >= 0.6 is 0 Å². The number of ether oxygens (including phenoxy) is 1. The smallest absolute Gasteiger partial charge is 0.237 e. The summed E-state index contributed by atoms with van der Waals surface area (Å²) in [5, 5.41) is 2.84. The van der Waals surface area contributed by atoms with E-state index in [0.717, 1.165) is 11.3 Å². The van der Waals surface area contributed by atoms with E-state index in [-0.39, 0.29) is 29.5 Å². The van der Waals surface area contributed by atoms with Crippen molar-refractivity contribution in [3.05, 3.63) is 29.8 Å². The van der Waals surface area contributed by atoms with Crippen molar-refractivity contribution in [3.63, 3.8) is 0 Å². The molecule has 0 aromatic heterocycles. The van der Waals surface area contributed by atoms with Crippen molar-refractivity contribution < 1.29 is 17.9 Å². The van der Waals surface area contributed by atoms with Crippen LogP contribution in [-0.4, -0.2) is 57.0 Å². The van der Waals surface area contributed by atoms with Crippen LogP contribution in [0.5, 0.6) is 5.75 Å². The molecule has 1 aromatic rings. The Bertz CT molecular complexity index is 643. The lowest BCUT2D eigenvalue weighted by Crippen LogP contribution is -2.47. The van der Waals surface area contributed by atoms with Gasteiger partial charge in [0.2, 0.25) is 5.91 Å². The third kappa shape index (κ3) is 4.94. The molecule has 6 nitrogen and oxygen atoms in total. The van der Waals surface area contributed by atoms with Crippen LogP contribution in [0.4, 0.5) is 0 Å². The molecule has 1 aliphatic rings. The summed E-state index contributed by atoms with van der Waals surface area (Å²) in [4.78, 5) is 14.2. The summed E-state index contributed by atoms with van der Waals surface area (Å²) in [6.07, 6.45) is 0.503. The predicted octanol–water partition coefficient (Wildman–Crippen LogP) is 0.819. The number of amides is 1. The van der Waals surface area contributed by atoms with Gasteiger partial charge in [-0.1, -0.05) is 12.1 Å². The minimum absolute atomic E-state index is 0.0493. The fourth-order valence-corrected chi connectivity index (χ4v) is 4.26. The third-order valence-electron chi connectivity index (χ3n) is 4.21. The summed E-state index contributed by atoms with van der Waals surface area (Å²) < 4.78 is 28.0. The van der Waals surface area contributed by atoms with Gasteiger partial charge in [-0.25, -0.2) is 8.42 Å². The van der Waals surface area contributed by atoms with Gasteiger partial charge in [0.1, 0.15) is 5.75 Å². The molecule has 2 atom stereocenters. The van der Waals surface area contributed by atoms with Gasteiger partial charge >= 0.3 is 0 Å². The lowest BCUT2D eigenvalue weighted by atomic mass is 10.1. The molecule has 0 bridgehead atoms. The van der Waals surface area contributed by atoms with Crippen LogP contribution in [-0.2, 0) is 21.2 Å². The van der Waals surface area contributed by atoms with Crippen LogP contribution in [0.3, 0.4) is 0 Å². The topological polar surface area (TPSA) is 75.7 Å². The maximum absolute atomic E-state index is 12.3. The first-order valence-corrected chi connectivity index (χ1v) is 9.47. The van der Waals surface area contributed by atoms with Crippen molar-refractivity contribution in [2.75, 3.05) is 25.7 Å². The number of methoxy groups -OCH3 is 1. The molecular weight excluding hydrogens is 316 g/mol. The second-order valence-corrected chi connectivity index (χ2v) is 8.28. The number of nitrogens with one attached hydrogen (secondary N) is 1. The van der Waals surface area contributed by atoms with E-state index in [0.29, 0.717) is 13.0 Å². The Morgan fingerprint density at radius 3 is 2.57 bits per heavy atom. The van der Waals surface area contributed by atoms with Gasteiger partial charge < -0.3 is 10.1 Å². The number of likely N-dealkylation sites (N-methyl/N-ethyl adjacent to an activating group) is 1. The highest BCUT2D eigenvalue weighted by atomic mass is 32.2. The predicted molar refractivity (Wildman–Crippen MR) is 89.1 cm³/mol. The van der Waals surface area contributed by atoms with E-state index < -0.39 is 9.84 Å². The first-order chi connectivity index (χ1) is 10.8. The van der Waals surface area contributed by atoms with Crippen molar-refractivity contribution in [2.45, 2.75) is 32.0 Å². The maximum atomic E-state index is 12.3. The Balaban J connectivity index is 1.88. The largest absolute Gasteiger partial charge is 0.497 e. The van der Waals surface area contributed by atoms with Gasteiger partial charge in [0.05, 0.1) is 24.7 Å². The van der Waals surface area contributed by atoms with Crippen LogP contribution in [0, 0.1) is 0 Å². The summed E-state index contributed by atoms with van der Waals surface area (Å²) >= 11 is 0. The number of sulfone groups is 1. The zero-order valence-electron chi connectivity index (χ0n) is 13.8. The minimum Gasteiger partial charge on any atom is -0.497 e. The summed E-state index contributed by atoms with van der Waals surface area (Å²) in [7, 11) is 0.514. The van der Waals surface area contributed by atoms with Crippen molar-refractivity contribution in [1.82, 2.24) is 10.2 Å². The van der Waals surface area contributed by atoms with E-state index in [4.69, 9.17) is 4.74 Å². The lowest BCUT2D eigenvalue weighted by Gasteiger charge is -2.25. The average Bonchev–Trinajstić information content (AvgIpc) is 2.85. The lowest BCUT2D eigenvalue weighted by molar-refractivity contribution is -0.126. The molecule has 2 rings (SSSR count). The molecule has 1 aliphatic heterocycles. The molecule has 1 fully saturated rings. The van der Waals surface area contributed by atoms with E-state index >= 15 is 0 Å². The van der Waals surface area contributed by atoms with Crippen molar-refractivity contribution in [3.8, 4) is 5.75 Å². The van der Waals surface area contributed by atoms with Crippen LogP contribution in [0.1, 0.15) is 18.9 Å². The van der Waals surface area contributed by atoms with Crippen LogP contribution in [0.15, 0.2) is 24.3 Å². The van der Waals surface area contributed by atoms with Crippen LogP contribution in [0.2, 0.25) is 0 Å². The Kier molecular flexibility index (Phi) is 5.64. The molecule has 0 aliphatic carbocycles. The summed E-state index contributed by atoms with van der Waals surface area (Å²) in [5.41, 5.74) is 1.08. The fourth-order valence-electron chi connectivity index (χ4n) is 2.59. The van der Waals surface area contributed by atoms with E-state index in [9.17, 15) is 13.2 Å². The molecular formula is C16H24N2O4S. The maximum Gasteiger partial charge on any atom is 0.237 e. The molecule has 0 spiro atoms. The summed E-state index contributed by atoms with van der Waals surface area (Å²) in [6, 6.07) is 7.10. The van der Waals surface area contributed by atoms with E-state index in [1.54, 1.807) is 7.11 Å². The number of benzene rings is 1. The summed E-state index contributed by atoms with van der Waals surface area (Å²) in [5.74, 6) is 0.870. The van der Waals surface area contributed by atoms with Crippen molar-refractivity contribution in [1.29, 1.82) is 0 Å². The van der Waals surface area contributed by atoms with E-state index in [1.807, 2.05) is 43.1 Å². The van der Waals surface area contributed by atoms with Crippen LogP contribution in [0.25, 0.3) is 0 Å². The molecule has 1 heterocycles. The molecule has 1 aromatic carbocycles. The first kappa shape index (κ1) is 17.7. The van der Waals surface area contributed by atoms with Crippen LogP contribution < -0.4 is 10.1 Å². The third-order valence-corrected chi connectivity index (χ3v) is 5.98. The second kappa shape index (κ2) is 7.31. The minimum atomic E-state index is -2.98. The highest BCUT2D eigenvalue weighted by Gasteiger charge is 2.30. The Morgan fingerprint density at radius 2 is 2.04 bits per heavy atom. The van der Waals surface area contributed by atoms with Gasteiger partial charge in [0.25, 0.3) is 0 Å². The molecule has 128 valence electrons. The van der Waals surface area contributed by atoms with Gasteiger partial charge in [0.15, 0.2) is 9.84 Å². The Labute approximate surface area is 137 Å². The molecule has 1 N–H and O–H groups in total. The van der Waals surface area contributed by atoms with Gasteiger partial charge in [-0.05, 0) is 38.1 Å². The first-order valence-electron chi connectivity index (χ1n) is 7.64. The normalized spacial score (nSPS) is 21.1. The van der Waals surface area contributed by atoms with E-state index in [2.05, 4.69) is 5.32 Å².